The maximum absolute atomic E-state index is 12.8. The van der Waals surface area contributed by atoms with Crippen LogP contribution in [0.25, 0.3) is 0 Å². The number of nitrogens with zero attached hydrogens (tertiary/aromatic N) is 2. The SMILES string of the molecule is CCOc1cc(C=NN2C(=O)[C@@H]3[C@H](C2=O)[C@H]2C=C[C@H]3C2)c(Br)c(Br)c1OCC(N)=O. The molecule has 3 aliphatic rings. The molecule has 0 spiro atoms. The largest absolute Gasteiger partial charge is 0.490 e. The van der Waals surface area contributed by atoms with Gasteiger partial charge >= 0.3 is 0 Å². The summed E-state index contributed by atoms with van der Waals surface area (Å²) in [5.74, 6) is -0.788. The minimum atomic E-state index is -0.619. The van der Waals surface area contributed by atoms with Crippen LogP contribution in [0.2, 0.25) is 0 Å². The number of primary amides is 1. The molecule has 0 unspecified atom stereocenters. The van der Waals surface area contributed by atoms with Crippen LogP contribution in [0.4, 0.5) is 0 Å². The van der Waals surface area contributed by atoms with Crippen LogP contribution in [-0.4, -0.2) is 42.2 Å². The smallest absolute Gasteiger partial charge is 0.255 e. The van der Waals surface area contributed by atoms with Gasteiger partial charge in [-0.05, 0) is 63.1 Å². The number of nitrogens with two attached hydrogens (primary N) is 1. The van der Waals surface area contributed by atoms with Gasteiger partial charge in [-0.25, -0.2) is 0 Å². The minimum absolute atomic E-state index is 0.128. The predicted molar refractivity (Wildman–Crippen MR) is 115 cm³/mol. The van der Waals surface area contributed by atoms with E-state index >= 15 is 0 Å². The summed E-state index contributed by atoms with van der Waals surface area (Å²) in [4.78, 5) is 36.6. The monoisotopic (exact) mass is 539 g/mol. The van der Waals surface area contributed by atoms with Gasteiger partial charge in [0.2, 0.25) is 0 Å². The van der Waals surface area contributed by atoms with E-state index in [0.29, 0.717) is 32.6 Å². The highest BCUT2D eigenvalue weighted by atomic mass is 79.9. The Kier molecular flexibility index (Phi) is 5.71. The third-order valence-electron chi connectivity index (χ3n) is 5.57. The maximum Gasteiger partial charge on any atom is 0.255 e. The predicted octanol–water partition coefficient (Wildman–Crippen LogP) is 2.62. The molecule has 3 amide bonds. The van der Waals surface area contributed by atoms with Crippen LogP contribution in [-0.2, 0) is 14.4 Å². The fourth-order valence-corrected chi connectivity index (χ4v) is 5.30. The zero-order chi connectivity index (χ0) is 21.6. The Morgan fingerprint density at radius 3 is 2.40 bits per heavy atom. The van der Waals surface area contributed by atoms with Crippen molar-refractivity contribution in [2.24, 2.45) is 34.5 Å². The number of hydrogen-bond donors (Lipinski definition) is 1. The molecule has 2 aliphatic carbocycles. The number of hydrogen-bond acceptors (Lipinski definition) is 6. The van der Waals surface area contributed by atoms with Crippen LogP contribution < -0.4 is 15.2 Å². The van der Waals surface area contributed by atoms with Crippen molar-refractivity contribution < 1.29 is 23.9 Å². The molecule has 2 N–H and O–H groups in total. The molecule has 158 valence electrons. The van der Waals surface area contributed by atoms with Gasteiger partial charge in [0, 0.05) is 10.0 Å². The number of allylic oxidation sites excluding steroid dienone is 2. The van der Waals surface area contributed by atoms with Crippen molar-refractivity contribution in [1.29, 1.82) is 0 Å². The molecule has 0 aromatic heterocycles. The van der Waals surface area contributed by atoms with Crippen molar-refractivity contribution in [3.8, 4) is 11.5 Å². The summed E-state index contributed by atoms with van der Waals surface area (Å²) < 4.78 is 12.1. The number of carbonyl (C=O) groups is 3. The van der Waals surface area contributed by atoms with E-state index in [1.165, 1.54) is 6.21 Å². The molecule has 0 radical (unpaired) electrons. The van der Waals surface area contributed by atoms with E-state index in [1.54, 1.807) is 6.07 Å². The standard InChI is InChI=1S/C20H19Br2N3O5/c1-2-29-12-6-11(16(21)17(22)18(12)30-8-13(23)26)7-24-25-19(27)14-9-3-4-10(5-9)15(14)20(25)28/h3-4,6-7,9-10,14-15H,2,5,8H2,1H3,(H2,23,26)/t9-,10-,14-,15+/m0/s1. The van der Waals surface area contributed by atoms with Gasteiger partial charge in [-0.2, -0.15) is 10.1 Å². The lowest BCUT2D eigenvalue weighted by Crippen LogP contribution is -2.28. The van der Waals surface area contributed by atoms with Crippen LogP contribution in [0.15, 0.2) is 32.3 Å². The number of amides is 3. The molecule has 1 aromatic carbocycles. The Morgan fingerprint density at radius 2 is 1.83 bits per heavy atom. The van der Waals surface area contributed by atoms with Crippen LogP contribution in [0.1, 0.15) is 18.9 Å². The fourth-order valence-electron chi connectivity index (χ4n) is 4.36. The third-order valence-corrected chi connectivity index (χ3v) is 7.72. The molecule has 1 aliphatic heterocycles. The van der Waals surface area contributed by atoms with Crippen molar-refractivity contribution >= 4 is 55.8 Å². The van der Waals surface area contributed by atoms with Crippen LogP contribution in [0.3, 0.4) is 0 Å². The Hall–Kier alpha value is -2.20. The molecule has 2 bridgehead atoms. The van der Waals surface area contributed by atoms with E-state index < -0.39 is 5.91 Å². The van der Waals surface area contributed by atoms with Crippen molar-refractivity contribution in [3.05, 3.63) is 32.7 Å². The fraction of sp³-hybridized carbons (Fsp3) is 0.400. The molecule has 1 saturated carbocycles. The highest BCUT2D eigenvalue weighted by Gasteiger charge is 2.59. The van der Waals surface area contributed by atoms with E-state index in [9.17, 15) is 14.4 Å². The van der Waals surface area contributed by atoms with Gasteiger partial charge in [-0.1, -0.05) is 12.2 Å². The number of ether oxygens (including phenoxy) is 2. The number of rotatable bonds is 7. The lowest BCUT2D eigenvalue weighted by molar-refractivity contribution is -0.140. The Balaban J connectivity index is 1.61. The quantitative estimate of drug-likeness (QED) is 0.324. The number of hydrazone groups is 1. The number of halogens is 2. The van der Waals surface area contributed by atoms with E-state index in [-0.39, 0.29) is 42.1 Å². The van der Waals surface area contributed by atoms with Crippen LogP contribution in [0.5, 0.6) is 11.5 Å². The van der Waals surface area contributed by atoms with Gasteiger partial charge in [0.1, 0.15) is 0 Å². The molecule has 1 aromatic rings. The molecule has 4 atom stereocenters. The summed E-state index contributed by atoms with van der Waals surface area (Å²) in [6.07, 6.45) is 6.38. The van der Waals surface area contributed by atoms with Crippen molar-refractivity contribution in [3.63, 3.8) is 0 Å². The molecule has 2 fully saturated rings. The molecule has 1 saturated heterocycles. The van der Waals surface area contributed by atoms with Crippen molar-refractivity contribution in [2.45, 2.75) is 13.3 Å². The Morgan fingerprint density at radius 1 is 1.20 bits per heavy atom. The maximum atomic E-state index is 12.8. The van der Waals surface area contributed by atoms with Gasteiger partial charge in [0.15, 0.2) is 18.1 Å². The first kappa shape index (κ1) is 21.0. The van der Waals surface area contributed by atoms with Gasteiger partial charge in [-0.15, -0.1) is 0 Å². The van der Waals surface area contributed by atoms with Crippen molar-refractivity contribution in [1.82, 2.24) is 5.01 Å². The van der Waals surface area contributed by atoms with Crippen molar-refractivity contribution in [2.75, 3.05) is 13.2 Å². The Bertz CT molecular complexity index is 963. The molecule has 8 nitrogen and oxygen atoms in total. The van der Waals surface area contributed by atoms with Crippen LogP contribution >= 0.6 is 31.9 Å². The van der Waals surface area contributed by atoms with Gasteiger partial charge in [-0.3, -0.25) is 14.4 Å². The van der Waals surface area contributed by atoms with Crippen LogP contribution in [0, 0.1) is 23.7 Å². The summed E-state index contributed by atoms with van der Waals surface area (Å²) in [5.41, 5.74) is 5.73. The molecular weight excluding hydrogens is 522 g/mol. The molecule has 10 heteroatoms. The van der Waals surface area contributed by atoms with E-state index in [4.69, 9.17) is 15.2 Å². The topological polar surface area (TPSA) is 111 Å². The highest BCUT2D eigenvalue weighted by Crippen LogP contribution is 2.52. The first-order valence-corrected chi connectivity index (χ1v) is 11.1. The second-order valence-electron chi connectivity index (χ2n) is 7.34. The molecule has 1 heterocycles. The van der Waals surface area contributed by atoms with E-state index in [1.807, 2.05) is 19.1 Å². The summed E-state index contributed by atoms with van der Waals surface area (Å²) in [5, 5.41) is 5.19. The molecular formula is C20H19Br2N3O5. The average Bonchev–Trinajstić information content (AvgIpc) is 3.38. The average molecular weight is 541 g/mol. The van der Waals surface area contributed by atoms with Gasteiger partial charge < -0.3 is 15.2 Å². The zero-order valence-electron chi connectivity index (χ0n) is 16.0. The highest BCUT2D eigenvalue weighted by molar-refractivity contribution is 9.13. The minimum Gasteiger partial charge on any atom is -0.490 e. The lowest BCUT2D eigenvalue weighted by atomic mass is 9.85. The number of imide groups is 1. The van der Waals surface area contributed by atoms with E-state index in [0.717, 1.165) is 11.4 Å². The summed E-state index contributed by atoms with van der Waals surface area (Å²) >= 11 is 6.87. The first-order valence-electron chi connectivity index (χ1n) is 9.49. The second kappa shape index (κ2) is 8.14. The normalized spacial score (nSPS) is 26.7. The van der Waals surface area contributed by atoms with Gasteiger partial charge in [0.25, 0.3) is 17.7 Å². The molecule has 30 heavy (non-hydrogen) atoms. The second-order valence-corrected chi connectivity index (χ2v) is 8.93. The number of carbonyl (C=O) groups excluding carboxylic acids is 3. The molecule has 4 rings (SSSR count). The number of fused-ring (bicyclic) bond motifs is 5. The summed E-state index contributed by atoms with van der Waals surface area (Å²) in [6, 6.07) is 1.65. The van der Waals surface area contributed by atoms with Gasteiger partial charge in [0.05, 0.1) is 29.1 Å². The number of benzene rings is 1. The summed E-state index contributed by atoms with van der Waals surface area (Å²) in [7, 11) is 0. The Labute approximate surface area is 189 Å². The zero-order valence-corrected chi connectivity index (χ0v) is 19.2. The first-order chi connectivity index (χ1) is 14.3. The summed E-state index contributed by atoms with van der Waals surface area (Å²) in [6.45, 7) is 1.86. The lowest BCUT2D eigenvalue weighted by Gasteiger charge is -2.16. The van der Waals surface area contributed by atoms with E-state index in [2.05, 4.69) is 37.0 Å². The third kappa shape index (κ3) is 3.45.